The van der Waals surface area contributed by atoms with Crippen molar-refractivity contribution in [3.63, 3.8) is 0 Å². The highest BCUT2D eigenvalue weighted by molar-refractivity contribution is 5.37. The lowest BCUT2D eigenvalue weighted by Gasteiger charge is -2.34. The fraction of sp³-hybridized carbons (Fsp3) is 0.500. The molecule has 0 spiro atoms. The van der Waals surface area contributed by atoms with E-state index in [9.17, 15) is 0 Å². The third kappa shape index (κ3) is 11.5. The molecule has 0 aromatic rings. The second kappa shape index (κ2) is 16.0. The Bertz CT molecular complexity index is 1170. The van der Waals surface area contributed by atoms with E-state index in [-0.39, 0.29) is 0 Å². The summed E-state index contributed by atoms with van der Waals surface area (Å²) < 4.78 is 0. The summed E-state index contributed by atoms with van der Waals surface area (Å²) in [5.74, 6) is 0. The monoisotopic (exact) mass is 538 g/mol. The first-order valence-corrected chi connectivity index (χ1v) is 15.6. The maximum absolute atomic E-state index is 2.42. The third-order valence-corrected chi connectivity index (χ3v) is 8.80. The van der Waals surface area contributed by atoms with Crippen molar-refractivity contribution in [3.05, 3.63) is 117 Å². The van der Waals surface area contributed by atoms with Crippen molar-refractivity contribution in [2.75, 3.05) is 0 Å². The highest BCUT2D eigenvalue weighted by Gasteiger charge is 2.28. The molecule has 0 bridgehead atoms. The van der Waals surface area contributed by atoms with Gasteiger partial charge in [-0.1, -0.05) is 140 Å². The number of hydrogen-bond acceptors (Lipinski definition) is 0. The Labute approximate surface area is 248 Å². The van der Waals surface area contributed by atoms with Crippen LogP contribution in [0, 0.1) is 10.8 Å². The highest BCUT2D eigenvalue weighted by atomic mass is 14.3. The smallest absolute Gasteiger partial charge is 0.0104 e. The lowest BCUT2D eigenvalue weighted by Crippen LogP contribution is -2.20. The lowest BCUT2D eigenvalue weighted by atomic mass is 9.71. The largest absolute Gasteiger partial charge is 0.0736 e. The molecular weight excluding hydrogens is 480 g/mol. The summed E-state index contributed by atoms with van der Waals surface area (Å²) in [6.45, 7) is 23.0. The molecular formula is C40H58. The fourth-order valence-electron chi connectivity index (χ4n) is 6.15. The molecule has 0 heterocycles. The Morgan fingerprint density at radius 1 is 0.625 bits per heavy atom. The van der Waals surface area contributed by atoms with E-state index >= 15 is 0 Å². The lowest BCUT2D eigenvalue weighted by molar-refractivity contribution is 0.354. The average molecular weight is 539 g/mol. The summed E-state index contributed by atoms with van der Waals surface area (Å²) in [5, 5.41) is 0. The molecule has 0 unspecified atom stereocenters. The van der Waals surface area contributed by atoms with Crippen LogP contribution >= 0.6 is 0 Å². The summed E-state index contributed by atoms with van der Waals surface area (Å²) in [5.41, 5.74) is 12.3. The molecule has 0 heteroatoms. The van der Waals surface area contributed by atoms with Crippen LogP contribution in [0.4, 0.5) is 0 Å². The minimum atomic E-state index is 0.294. The molecule has 0 amide bonds. The van der Waals surface area contributed by atoms with Gasteiger partial charge < -0.3 is 0 Å². The first-order chi connectivity index (χ1) is 18.8. The zero-order chi connectivity index (χ0) is 29.8. The van der Waals surface area contributed by atoms with Gasteiger partial charge in [-0.2, -0.15) is 0 Å². The number of allylic oxidation sites excluding steroid dienone is 20. The van der Waals surface area contributed by atoms with Gasteiger partial charge in [-0.15, -0.1) is 0 Å². The van der Waals surface area contributed by atoms with Gasteiger partial charge in [0.25, 0.3) is 0 Å². The van der Waals surface area contributed by atoms with E-state index in [1.54, 1.807) is 16.7 Å². The second-order valence-electron chi connectivity index (χ2n) is 13.6. The Hall–Kier alpha value is -2.60. The molecule has 0 aliphatic heterocycles. The van der Waals surface area contributed by atoms with Crippen molar-refractivity contribution in [2.24, 2.45) is 10.8 Å². The van der Waals surface area contributed by atoms with Crippen LogP contribution in [0.25, 0.3) is 0 Å². The van der Waals surface area contributed by atoms with Gasteiger partial charge in [-0.3, -0.25) is 0 Å². The van der Waals surface area contributed by atoms with Crippen molar-refractivity contribution in [1.29, 1.82) is 0 Å². The van der Waals surface area contributed by atoms with Crippen molar-refractivity contribution >= 4 is 0 Å². The van der Waals surface area contributed by atoms with E-state index in [1.165, 1.54) is 72.8 Å². The van der Waals surface area contributed by atoms with Gasteiger partial charge in [-0.25, -0.2) is 0 Å². The molecule has 0 saturated heterocycles. The SMILES string of the molecule is CC1=C(/C=C/C(C)=C\C=C\C(C)=C\C=C/C=C(C)/C=C\C=C(/C)CCC2=C(C)CCCC2(C)C)C(C)(C)CCC1. The molecule has 0 atom stereocenters. The summed E-state index contributed by atoms with van der Waals surface area (Å²) in [6, 6.07) is 0. The Kier molecular flexibility index (Phi) is 13.4. The molecule has 0 fully saturated rings. The van der Waals surface area contributed by atoms with Crippen LogP contribution in [-0.4, -0.2) is 0 Å². The van der Waals surface area contributed by atoms with Gasteiger partial charge in [0.15, 0.2) is 0 Å². The van der Waals surface area contributed by atoms with Crippen LogP contribution in [0.15, 0.2) is 117 Å². The van der Waals surface area contributed by atoms with E-state index in [0.717, 1.165) is 6.42 Å². The van der Waals surface area contributed by atoms with Gasteiger partial charge in [0.1, 0.15) is 0 Å². The minimum Gasteiger partial charge on any atom is -0.0736 e. The van der Waals surface area contributed by atoms with Crippen LogP contribution < -0.4 is 0 Å². The van der Waals surface area contributed by atoms with Crippen LogP contribution in [0.5, 0.6) is 0 Å². The van der Waals surface area contributed by atoms with Crippen LogP contribution in [0.1, 0.15) is 121 Å². The van der Waals surface area contributed by atoms with E-state index in [2.05, 4.69) is 142 Å². The van der Waals surface area contributed by atoms with Crippen molar-refractivity contribution in [1.82, 2.24) is 0 Å². The fourth-order valence-corrected chi connectivity index (χ4v) is 6.15. The summed E-state index contributed by atoms with van der Waals surface area (Å²) in [7, 11) is 0. The van der Waals surface area contributed by atoms with Gasteiger partial charge in [0.2, 0.25) is 0 Å². The summed E-state index contributed by atoms with van der Waals surface area (Å²) >= 11 is 0. The van der Waals surface area contributed by atoms with E-state index in [4.69, 9.17) is 0 Å². The molecule has 2 aliphatic carbocycles. The topological polar surface area (TPSA) is 0 Å². The maximum Gasteiger partial charge on any atom is -0.0104 e. The van der Waals surface area contributed by atoms with E-state index in [0.29, 0.717) is 10.8 Å². The Morgan fingerprint density at radius 3 is 1.70 bits per heavy atom. The number of hydrogen-bond donors (Lipinski definition) is 0. The van der Waals surface area contributed by atoms with Gasteiger partial charge in [0, 0.05) is 0 Å². The Balaban J connectivity index is 1.84. The average Bonchev–Trinajstić information content (AvgIpc) is 2.85. The molecule has 0 aromatic heterocycles. The summed E-state index contributed by atoms with van der Waals surface area (Å²) in [4.78, 5) is 0. The zero-order valence-electron chi connectivity index (χ0n) is 27.6. The quantitative estimate of drug-likeness (QED) is 0.181. The zero-order valence-corrected chi connectivity index (χ0v) is 27.6. The first kappa shape index (κ1) is 33.6. The molecule has 0 radical (unpaired) electrons. The molecule has 218 valence electrons. The number of rotatable bonds is 11. The summed E-state index contributed by atoms with van der Waals surface area (Å²) in [6.07, 6.45) is 36.5. The molecule has 0 nitrogen and oxygen atoms in total. The van der Waals surface area contributed by atoms with Gasteiger partial charge in [-0.05, 0) is 109 Å². The maximum atomic E-state index is 2.42. The molecule has 2 rings (SSSR count). The molecule has 0 saturated carbocycles. The normalized spacial score (nSPS) is 21.8. The molecule has 0 aromatic carbocycles. The predicted molar refractivity (Wildman–Crippen MR) is 181 cm³/mol. The van der Waals surface area contributed by atoms with Crippen molar-refractivity contribution < 1.29 is 0 Å². The van der Waals surface area contributed by atoms with Crippen molar-refractivity contribution in [3.8, 4) is 0 Å². The highest BCUT2D eigenvalue weighted by Crippen LogP contribution is 2.43. The van der Waals surface area contributed by atoms with Crippen LogP contribution in [0.3, 0.4) is 0 Å². The first-order valence-electron chi connectivity index (χ1n) is 15.6. The van der Waals surface area contributed by atoms with E-state index < -0.39 is 0 Å². The standard InChI is InChI=1S/C40H58/c1-31(19-13-21-33(3)25-27-37-35(5)23-15-29-39(37,7)8)17-11-12-18-32(2)20-14-22-34(4)26-28-38-36(6)24-16-30-40(38,9)10/h11-14,17-22,25,27H,15-16,23-24,26,28-30H2,1-10H3/b12-11-,19-13+,20-14-,27-25+,31-17+,32-18+,33-21-,34-22+. The molecule has 0 N–H and O–H groups in total. The predicted octanol–water partition coefficient (Wildman–Crippen LogP) is 12.8. The minimum absolute atomic E-state index is 0.294. The van der Waals surface area contributed by atoms with Gasteiger partial charge >= 0.3 is 0 Å². The Morgan fingerprint density at radius 2 is 1.12 bits per heavy atom. The third-order valence-electron chi connectivity index (χ3n) is 8.80. The van der Waals surface area contributed by atoms with Crippen molar-refractivity contribution in [2.45, 2.75) is 121 Å². The molecule has 40 heavy (non-hydrogen) atoms. The van der Waals surface area contributed by atoms with Gasteiger partial charge in [0.05, 0.1) is 0 Å². The molecule has 2 aliphatic rings. The second-order valence-corrected chi connectivity index (χ2v) is 13.6. The van der Waals surface area contributed by atoms with Crippen LogP contribution in [-0.2, 0) is 0 Å². The van der Waals surface area contributed by atoms with E-state index in [1.807, 2.05) is 0 Å². The van der Waals surface area contributed by atoms with Crippen LogP contribution in [0.2, 0.25) is 0 Å².